The molecule has 22 heavy (non-hydrogen) atoms. The highest BCUT2D eigenvalue weighted by Crippen LogP contribution is 2.24. The lowest BCUT2D eigenvalue weighted by molar-refractivity contribution is -0.387. The second-order valence-electron chi connectivity index (χ2n) is 5.39. The molecule has 1 aliphatic rings. The quantitative estimate of drug-likeness (QED) is 0.653. The van der Waals surface area contributed by atoms with Crippen molar-refractivity contribution in [3.63, 3.8) is 0 Å². The summed E-state index contributed by atoms with van der Waals surface area (Å²) in [6.45, 7) is 2.83. The maximum absolute atomic E-state index is 13.5. The van der Waals surface area contributed by atoms with Crippen molar-refractivity contribution < 1.29 is 18.8 Å². The van der Waals surface area contributed by atoms with Crippen LogP contribution in [0.3, 0.4) is 0 Å². The monoisotopic (exact) mass is 311 g/mol. The smallest absolute Gasteiger partial charge is 0.305 e. The summed E-state index contributed by atoms with van der Waals surface area (Å²) in [5.41, 5.74) is 4.99. The van der Waals surface area contributed by atoms with E-state index in [-0.39, 0.29) is 30.2 Å². The number of hydrogen-bond acceptors (Lipinski definition) is 5. The van der Waals surface area contributed by atoms with Gasteiger partial charge in [0.1, 0.15) is 5.75 Å². The number of likely N-dealkylation sites (tertiary alicyclic amines) is 1. The van der Waals surface area contributed by atoms with Gasteiger partial charge in [0.05, 0.1) is 4.92 Å². The molecule has 1 aromatic rings. The summed E-state index contributed by atoms with van der Waals surface area (Å²) in [5, 5.41) is 10.5. The van der Waals surface area contributed by atoms with Gasteiger partial charge in [0.25, 0.3) is 5.91 Å². The van der Waals surface area contributed by atoms with Crippen LogP contribution in [0, 0.1) is 21.8 Å². The highest BCUT2D eigenvalue weighted by molar-refractivity contribution is 5.78. The number of carbonyl (C=O) groups excluding carboxylic acids is 1. The molecule has 1 amide bonds. The molecule has 0 spiro atoms. The van der Waals surface area contributed by atoms with Crippen LogP contribution >= 0.6 is 0 Å². The highest BCUT2D eigenvalue weighted by atomic mass is 19.1. The van der Waals surface area contributed by atoms with Gasteiger partial charge in [0, 0.05) is 24.7 Å². The van der Waals surface area contributed by atoms with Gasteiger partial charge in [-0.05, 0) is 31.9 Å². The van der Waals surface area contributed by atoms with Crippen molar-refractivity contribution in [1.29, 1.82) is 0 Å². The molecule has 1 aromatic carbocycles. The molecule has 0 aliphatic carbocycles. The van der Waals surface area contributed by atoms with Crippen LogP contribution in [0.5, 0.6) is 5.75 Å². The number of nitrogens with zero attached hydrogens (tertiary/aromatic N) is 2. The Labute approximate surface area is 127 Å². The van der Waals surface area contributed by atoms with Gasteiger partial charge in [-0.1, -0.05) is 0 Å². The standard InChI is InChI=1S/C14H18FN3O4/c1-9-4-10(6-16)7-17(9)14(19)8-22-11-2-3-13(18(20)21)12(15)5-11/h2-3,5,9-10H,4,6-8,16H2,1H3. The van der Waals surface area contributed by atoms with Crippen LogP contribution in [-0.4, -0.2) is 41.5 Å². The van der Waals surface area contributed by atoms with E-state index in [1.165, 1.54) is 6.07 Å². The zero-order valence-electron chi connectivity index (χ0n) is 12.2. The average Bonchev–Trinajstić information content (AvgIpc) is 2.85. The van der Waals surface area contributed by atoms with Gasteiger partial charge in [-0.2, -0.15) is 4.39 Å². The number of nitro benzene ring substituents is 1. The van der Waals surface area contributed by atoms with E-state index < -0.39 is 16.4 Å². The van der Waals surface area contributed by atoms with Gasteiger partial charge in [0.2, 0.25) is 5.82 Å². The lowest BCUT2D eigenvalue weighted by Gasteiger charge is -2.21. The number of amides is 1. The van der Waals surface area contributed by atoms with E-state index in [4.69, 9.17) is 10.5 Å². The van der Waals surface area contributed by atoms with Gasteiger partial charge >= 0.3 is 5.69 Å². The molecule has 1 aliphatic heterocycles. The number of benzene rings is 1. The Kier molecular flexibility index (Phi) is 4.92. The molecule has 2 atom stereocenters. The van der Waals surface area contributed by atoms with Crippen molar-refractivity contribution in [3.05, 3.63) is 34.1 Å². The molecule has 1 fully saturated rings. The first kappa shape index (κ1) is 16.2. The lowest BCUT2D eigenvalue weighted by Crippen LogP contribution is -2.37. The Morgan fingerprint density at radius 3 is 2.86 bits per heavy atom. The molecule has 120 valence electrons. The summed E-state index contributed by atoms with van der Waals surface area (Å²) in [6.07, 6.45) is 0.856. The Hall–Kier alpha value is -2.22. The third kappa shape index (κ3) is 3.51. The largest absolute Gasteiger partial charge is 0.484 e. The molecular formula is C14H18FN3O4. The predicted octanol–water partition coefficient (Wildman–Crippen LogP) is 1.31. The zero-order chi connectivity index (χ0) is 16.3. The summed E-state index contributed by atoms with van der Waals surface area (Å²) in [5.74, 6) is -0.829. The first-order valence-corrected chi connectivity index (χ1v) is 6.98. The maximum Gasteiger partial charge on any atom is 0.305 e. The van der Waals surface area contributed by atoms with Crippen LogP contribution < -0.4 is 10.5 Å². The van der Waals surface area contributed by atoms with Crippen molar-refractivity contribution in [2.45, 2.75) is 19.4 Å². The molecule has 7 nitrogen and oxygen atoms in total. The average molecular weight is 311 g/mol. The van der Waals surface area contributed by atoms with Crippen LogP contribution in [0.15, 0.2) is 18.2 Å². The molecule has 0 radical (unpaired) electrons. The van der Waals surface area contributed by atoms with E-state index in [2.05, 4.69) is 0 Å². The second-order valence-corrected chi connectivity index (χ2v) is 5.39. The second kappa shape index (κ2) is 6.69. The van der Waals surface area contributed by atoms with E-state index in [1.54, 1.807) is 4.90 Å². The normalized spacial score (nSPS) is 21.0. The molecule has 8 heteroatoms. The van der Waals surface area contributed by atoms with Crippen molar-refractivity contribution >= 4 is 11.6 Å². The summed E-state index contributed by atoms with van der Waals surface area (Å²) in [6, 6.07) is 3.28. The Morgan fingerprint density at radius 2 is 2.32 bits per heavy atom. The third-order valence-corrected chi connectivity index (χ3v) is 3.79. The fourth-order valence-electron chi connectivity index (χ4n) is 2.61. The minimum atomic E-state index is -0.993. The molecule has 1 saturated heterocycles. The fourth-order valence-corrected chi connectivity index (χ4v) is 2.61. The van der Waals surface area contributed by atoms with Crippen LogP contribution in [0.1, 0.15) is 13.3 Å². The van der Waals surface area contributed by atoms with Crippen molar-refractivity contribution in [1.82, 2.24) is 4.90 Å². The summed E-state index contributed by atoms with van der Waals surface area (Å²) >= 11 is 0. The SMILES string of the molecule is CC1CC(CN)CN1C(=O)COc1ccc([N+](=O)[O-])c(F)c1. The van der Waals surface area contributed by atoms with E-state index in [0.29, 0.717) is 13.1 Å². The van der Waals surface area contributed by atoms with Gasteiger partial charge in [-0.15, -0.1) is 0 Å². The number of nitrogens with two attached hydrogens (primary N) is 1. The van der Waals surface area contributed by atoms with Crippen LogP contribution in [-0.2, 0) is 4.79 Å². The van der Waals surface area contributed by atoms with Crippen LogP contribution in [0.2, 0.25) is 0 Å². The third-order valence-electron chi connectivity index (χ3n) is 3.79. The fraction of sp³-hybridized carbons (Fsp3) is 0.500. The van der Waals surface area contributed by atoms with E-state index >= 15 is 0 Å². The molecule has 0 aromatic heterocycles. The van der Waals surface area contributed by atoms with Crippen LogP contribution in [0.4, 0.5) is 10.1 Å². The van der Waals surface area contributed by atoms with Crippen molar-refractivity contribution in [2.24, 2.45) is 11.7 Å². The zero-order valence-corrected chi connectivity index (χ0v) is 12.2. The number of hydrogen-bond donors (Lipinski definition) is 1. The number of rotatable bonds is 5. The van der Waals surface area contributed by atoms with Gasteiger partial charge in [-0.25, -0.2) is 0 Å². The first-order chi connectivity index (χ1) is 10.4. The number of carbonyl (C=O) groups is 1. The lowest BCUT2D eigenvalue weighted by atomic mass is 10.1. The van der Waals surface area contributed by atoms with Crippen molar-refractivity contribution in [2.75, 3.05) is 19.7 Å². The summed E-state index contributed by atoms with van der Waals surface area (Å²) in [4.78, 5) is 23.5. The molecule has 1 heterocycles. The van der Waals surface area contributed by atoms with Gasteiger partial charge in [-0.3, -0.25) is 14.9 Å². The predicted molar refractivity (Wildman–Crippen MR) is 76.9 cm³/mol. The maximum atomic E-state index is 13.5. The Bertz CT molecular complexity index is 581. The summed E-state index contributed by atoms with van der Waals surface area (Å²) in [7, 11) is 0. The topological polar surface area (TPSA) is 98.7 Å². The number of halogens is 1. The van der Waals surface area contributed by atoms with E-state index in [9.17, 15) is 19.3 Å². The van der Waals surface area contributed by atoms with Gasteiger partial charge in [0.15, 0.2) is 6.61 Å². The number of ether oxygens (including phenoxy) is 1. The van der Waals surface area contributed by atoms with E-state index in [1.807, 2.05) is 6.92 Å². The van der Waals surface area contributed by atoms with Crippen LogP contribution in [0.25, 0.3) is 0 Å². The Morgan fingerprint density at radius 1 is 1.59 bits per heavy atom. The van der Waals surface area contributed by atoms with Crippen molar-refractivity contribution in [3.8, 4) is 5.75 Å². The minimum absolute atomic E-state index is 0.0821. The van der Waals surface area contributed by atoms with E-state index in [0.717, 1.165) is 18.6 Å². The highest BCUT2D eigenvalue weighted by Gasteiger charge is 2.31. The molecule has 2 unspecified atom stereocenters. The molecule has 2 rings (SSSR count). The van der Waals surface area contributed by atoms with Gasteiger partial charge < -0.3 is 15.4 Å². The minimum Gasteiger partial charge on any atom is -0.484 e. The molecule has 0 saturated carbocycles. The first-order valence-electron chi connectivity index (χ1n) is 6.98. The molecule has 2 N–H and O–H groups in total. The summed E-state index contributed by atoms with van der Waals surface area (Å²) < 4.78 is 18.7. The molecular weight excluding hydrogens is 293 g/mol. The molecule has 0 bridgehead atoms. The number of nitro groups is 1. The Balaban J connectivity index is 1.94.